The highest BCUT2D eigenvalue weighted by atomic mass is 16.1. The standard InChI is InChI=1S/C15H25N5O/c1-2-3-4-5-6-7-8-13(17)20-12-9-11(16)10-19-14(12)15(18)21/h9-10H,2-8,16H2,1H3,(H2,17,20)(H2,18,21). The van der Waals surface area contributed by atoms with Gasteiger partial charge in [-0.15, -0.1) is 0 Å². The summed E-state index contributed by atoms with van der Waals surface area (Å²) in [6, 6.07) is 1.57. The molecule has 0 bridgehead atoms. The lowest BCUT2D eigenvalue weighted by Crippen LogP contribution is -2.19. The molecule has 6 nitrogen and oxygen atoms in total. The summed E-state index contributed by atoms with van der Waals surface area (Å²) in [6.45, 7) is 2.19. The second-order valence-corrected chi connectivity index (χ2v) is 5.15. The molecule has 0 saturated heterocycles. The van der Waals surface area contributed by atoms with Crippen molar-refractivity contribution in [2.24, 2.45) is 5.73 Å². The van der Waals surface area contributed by atoms with Crippen molar-refractivity contribution in [1.82, 2.24) is 4.98 Å². The molecule has 0 saturated carbocycles. The zero-order valence-corrected chi connectivity index (χ0v) is 12.6. The number of anilines is 2. The minimum absolute atomic E-state index is 0.108. The van der Waals surface area contributed by atoms with Gasteiger partial charge in [-0.25, -0.2) is 4.98 Å². The number of unbranched alkanes of at least 4 members (excludes halogenated alkanes) is 5. The Morgan fingerprint density at radius 2 is 1.95 bits per heavy atom. The van der Waals surface area contributed by atoms with Gasteiger partial charge in [0.15, 0.2) is 5.69 Å². The van der Waals surface area contributed by atoms with Crippen LogP contribution in [0.1, 0.15) is 62.4 Å². The summed E-state index contributed by atoms with van der Waals surface area (Å²) in [7, 11) is 0. The summed E-state index contributed by atoms with van der Waals surface area (Å²) in [4.78, 5) is 15.2. The molecule has 1 rings (SSSR count). The number of amides is 1. The van der Waals surface area contributed by atoms with Gasteiger partial charge in [0, 0.05) is 6.42 Å². The van der Waals surface area contributed by atoms with Crippen LogP contribution in [0.25, 0.3) is 0 Å². The average Bonchev–Trinajstić information content (AvgIpc) is 2.42. The van der Waals surface area contributed by atoms with Crippen LogP contribution in [-0.4, -0.2) is 16.7 Å². The largest absolute Gasteiger partial charge is 0.397 e. The molecule has 0 radical (unpaired) electrons. The number of hydrogen-bond acceptors (Lipinski definition) is 4. The molecule has 0 fully saturated rings. The lowest BCUT2D eigenvalue weighted by molar-refractivity contribution is 0.0996. The Hall–Kier alpha value is -2.11. The first-order valence-corrected chi connectivity index (χ1v) is 7.44. The van der Waals surface area contributed by atoms with E-state index in [0.717, 1.165) is 12.8 Å². The topological polar surface area (TPSA) is 118 Å². The number of nitrogens with two attached hydrogens (primary N) is 2. The van der Waals surface area contributed by atoms with Crippen LogP contribution < -0.4 is 16.8 Å². The molecule has 0 aromatic carbocycles. The summed E-state index contributed by atoms with van der Waals surface area (Å²) in [5.41, 5.74) is 11.8. The van der Waals surface area contributed by atoms with E-state index in [1.54, 1.807) is 6.07 Å². The number of rotatable bonds is 9. The molecule has 0 atom stereocenters. The van der Waals surface area contributed by atoms with E-state index >= 15 is 0 Å². The first-order valence-electron chi connectivity index (χ1n) is 7.44. The van der Waals surface area contributed by atoms with Gasteiger partial charge in [-0.1, -0.05) is 39.0 Å². The highest BCUT2D eigenvalue weighted by Gasteiger charge is 2.11. The van der Waals surface area contributed by atoms with Crippen molar-refractivity contribution in [3.8, 4) is 0 Å². The van der Waals surface area contributed by atoms with Gasteiger partial charge in [0.1, 0.15) is 0 Å². The number of carbonyl (C=O) groups is 1. The number of hydrogen-bond donors (Lipinski definition) is 4. The van der Waals surface area contributed by atoms with E-state index in [9.17, 15) is 4.79 Å². The third-order valence-electron chi connectivity index (χ3n) is 3.21. The first-order chi connectivity index (χ1) is 10.0. The minimum atomic E-state index is -0.634. The Balaban J connectivity index is 2.44. The van der Waals surface area contributed by atoms with Gasteiger partial charge in [-0.05, 0) is 12.5 Å². The normalized spacial score (nSPS) is 10.3. The summed E-state index contributed by atoms with van der Waals surface area (Å²) in [5.74, 6) is -0.287. The molecular weight excluding hydrogens is 266 g/mol. The number of pyridine rings is 1. The Labute approximate surface area is 125 Å². The molecule has 21 heavy (non-hydrogen) atoms. The van der Waals surface area contributed by atoms with Gasteiger partial charge >= 0.3 is 0 Å². The van der Waals surface area contributed by atoms with Crippen LogP contribution in [0.3, 0.4) is 0 Å². The smallest absolute Gasteiger partial charge is 0.269 e. The molecule has 0 aliphatic rings. The van der Waals surface area contributed by atoms with Gasteiger partial charge in [0.25, 0.3) is 5.91 Å². The zero-order chi connectivity index (χ0) is 15.7. The predicted octanol–water partition coefficient (Wildman–Crippen LogP) is 2.90. The fourth-order valence-corrected chi connectivity index (χ4v) is 2.08. The summed E-state index contributed by atoms with van der Waals surface area (Å²) >= 11 is 0. The molecule has 1 aromatic rings. The highest BCUT2D eigenvalue weighted by Crippen LogP contribution is 2.17. The fourth-order valence-electron chi connectivity index (χ4n) is 2.08. The summed E-state index contributed by atoms with van der Waals surface area (Å²) in [6.07, 6.45) is 9.04. The molecule has 116 valence electrons. The highest BCUT2D eigenvalue weighted by molar-refractivity contribution is 6.02. The molecule has 0 spiro atoms. The fraction of sp³-hybridized carbons (Fsp3) is 0.533. The van der Waals surface area contributed by atoms with Crippen LogP contribution in [0.15, 0.2) is 12.3 Å². The second kappa shape index (κ2) is 8.94. The molecule has 0 aliphatic carbocycles. The van der Waals surface area contributed by atoms with Crippen LogP contribution in [0.4, 0.5) is 11.4 Å². The molecule has 0 aliphatic heterocycles. The van der Waals surface area contributed by atoms with Crippen LogP contribution in [0.5, 0.6) is 0 Å². The molecule has 0 unspecified atom stereocenters. The number of carbonyl (C=O) groups excluding carboxylic acids is 1. The van der Waals surface area contributed by atoms with Crippen molar-refractivity contribution in [2.45, 2.75) is 51.9 Å². The van der Waals surface area contributed by atoms with E-state index in [2.05, 4.69) is 17.2 Å². The second-order valence-electron chi connectivity index (χ2n) is 5.15. The number of amidine groups is 1. The van der Waals surface area contributed by atoms with Crippen molar-refractivity contribution in [1.29, 1.82) is 5.41 Å². The third kappa shape index (κ3) is 6.25. The molecule has 1 heterocycles. The van der Waals surface area contributed by atoms with Gasteiger partial charge in [-0.3, -0.25) is 10.2 Å². The quantitative estimate of drug-likeness (QED) is 0.318. The van der Waals surface area contributed by atoms with E-state index < -0.39 is 5.91 Å². The van der Waals surface area contributed by atoms with Gasteiger partial charge < -0.3 is 16.8 Å². The molecular formula is C15H25N5O. The molecule has 1 aromatic heterocycles. The molecule has 6 heteroatoms. The molecule has 1 amide bonds. The van der Waals surface area contributed by atoms with Gasteiger partial charge in [-0.2, -0.15) is 0 Å². The Morgan fingerprint density at radius 3 is 2.62 bits per heavy atom. The maximum absolute atomic E-state index is 11.3. The van der Waals surface area contributed by atoms with E-state index in [4.69, 9.17) is 16.9 Å². The van der Waals surface area contributed by atoms with Gasteiger partial charge in [0.2, 0.25) is 0 Å². The van der Waals surface area contributed by atoms with Crippen molar-refractivity contribution in [2.75, 3.05) is 11.1 Å². The minimum Gasteiger partial charge on any atom is -0.397 e. The number of nitrogens with zero attached hydrogens (tertiary/aromatic N) is 1. The Bertz CT molecular complexity index is 487. The van der Waals surface area contributed by atoms with Crippen LogP contribution in [0, 0.1) is 5.41 Å². The number of nitrogen functional groups attached to an aromatic ring is 1. The number of aromatic nitrogens is 1. The van der Waals surface area contributed by atoms with E-state index in [1.165, 1.54) is 31.9 Å². The SMILES string of the molecule is CCCCCCCCC(=N)Nc1cc(N)cnc1C(N)=O. The lowest BCUT2D eigenvalue weighted by atomic mass is 10.1. The first kappa shape index (κ1) is 16.9. The molecule has 6 N–H and O–H groups in total. The number of primary amides is 1. The van der Waals surface area contributed by atoms with Crippen LogP contribution in [-0.2, 0) is 0 Å². The summed E-state index contributed by atoms with van der Waals surface area (Å²) in [5, 5.41) is 10.8. The lowest BCUT2D eigenvalue weighted by Gasteiger charge is -2.11. The maximum Gasteiger partial charge on any atom is 0.269 e. The van der Waals surface area contributed by atoms with Crippen LogP contribution in [0.2, 0.25) is 0 Å². The predicted molar refractivity (Wildman–Crippen MR) is 86.5 cm³/mol. The number of nitrogens with one attached hydrogen (secondary N) is 2. The zero-order valence-electron chi connectivity index (χ0n) is 12.6. The van der Waals surface area contributed by atoms with Crippen molar-refractivity contribution in [3.05, 3.63) is 18.0 Å². The Kier molecular flexibility index (Phi) is 7.21. The van der Waals surface area contributed by atoms with Crippen molar-refractivity contribution >= 4 is 23.1 Å². The van der Waals surface area contributed by atoms with E-state index in [0.29, 0.717) is 23.6 Å². The van der Waals surface area contributed by atoms with Gasteiger partial charge in [0.05, 0.1) is 23.4 Å². The monoisotopic (exact) mass is 291 g/mol. The average molecular weight is 291 g/mol. The maximum atomic E-state index is 11.3. The van der Waals surface area contributed by atoms with E-state index in [-0.39, 0.29) is 5.69 Å². The third-order valence-corrected chi connectivity index (χ3v) is 3.21. The van der Waals surface area contributed by atoms with Crippen molar-refractivity contribution < 1.29 is 4.79 Å². The summed E-state index contributed by atoms with van der Waals surface area (Å²) < 4.78 is 0. The Morgan fingerprint density at radius 1 is 1.29 bits per heavy atom. The van der Waals surface area contributed by atoms with Crippen molar-refractivity contribution in [3.63, 3.8) is 0 Å². The van der Waals surface area contributed by atoms with Crippen LogP contribution >= 0.6 is 0 Å². The van der Waals surface area contributed by atoms with E-state index in [1.807, 2.05) is 0 Å².